The van der Waals surface area contributed by atoms with Crippen molar-refractivity contribution in [1.29, 1.82) is 0 Å². The molecule has 1 N–H and O–H groups in total. The summed E-state index contributed by atoms with van der Waals surface area (Å²) < 4.78 is 7.07. The van der Waals surface area contributed by atoms with E-state index in [-0.39, 0.29) is 11.9 Å². The van der Waals surface area contributed by atoms with Gasteiger partial charge in [-0.2, -0.15) is 5.10 Å². The zero-order chi connectivity index (χ0) is 19.9. The Bertz CT molecular complexity index is 872. The molecule has 6 nitrogen and oxygen atoms in total. The van der Waals surface area contributed by atoms with Crippen molar-refractivity contribution in [3.8, 4) is 5.75 Å². The normalized spacial score (nSPS) is 12.0. The topological polar surface area (TPSA) is 59.4 Å². The summed E-state index contributed by atoms with van der Waals surface area (Å²) in [6.45, 7) is 1.21. The number of aromatic nitrogens is 2. The van der Waals surface area contributed by atoms with Gasteiger partial charge in [0.25, 0.3) is 5.91 Å². The molecule has 0 saturated heterocycles. The molecule has 0 aliphatic heterocycles. The molecular weight excluding hydrogens is 352 g/mol. The summed E-state index contributed by atoms with van der Waals surface area (Å²) in [7, 11) is 5.66. The lowest BCUT2D eigenvalue weighted by atomic mass is 10.1. The first-order valence-corrected chi connectivity index (χ1v) is 9.22. The number of nitrogens with one attached hydrogen (secondary N) is 1. The van der Waals surface area contributed by atoms with Crippen LogP contribution in [0.25, 0.3) is 0 Å². The van der Waals surface area contributed by atoms with Crippen molar-refractivity contribution in [2.75, 3.05) is 27.7 Å². The second-order valence-corrected chi connectivity index (χ2v) is 6.86. The maximum Gasteiger partial charge on any atom is 0.251 e. The summed E-state index contributed by atoms with van der Waals surface area (Å²) in [5.74, 6) is 0.742. The summed E-state index contributed by atoms with van der Waals surface area (Å²) in [6, 6.07) is 17.5. The average Bonchev–Trinajstić information content (AvgIpc) is 3.22. The fourth-order valence-corrected chi connectivity index (χ4v) is 3.06. The van der Waals surface area contributed by atoms with Gasteiger partial charge in [0.15, 0.2) is 0 Å². The van der Waals surface area contributed by atoms with Gasteiger partial charge < -0.3 is 15.0 Å². The lowest BCUT2D eigenvalue weighted by Gasteiger charge is -2.25. The van der Waals surface area contributed by atoms with Crippen LogP contribution in [0, 0.1) is 0 Å². The second-order valence-electron chi connectivity index (χ2n) is 6.86. The minimum absolute atomic E-state index is 0.0777. The van der Waals surface area contributed by atoms with Gasteiger partial charge in [-0.3, -0.25) is 9.48 Å². The molecule has 2 aromatic carbocycles. The van der Waals surface area contributed by atoms with Crippen LogP contribution in [0.4, 0.5) is 0 Å². The molecule has 0 fully saturated rings. The van der Waals surface area contributed by atoms with Gasteiger partial charge in [-0.15, -0.1) is 0 Å². The predicted molar refractivity (Wildman–Crippen MR) is 110 cm³/mol. The Morgan fingerprint density at radius 2 is 1.86 bits per heavy atom. The fraction of sp³-hybridized carbons (Fsp3) is 0.273. The Hall–Kier alpha value is -3.12. The van der Waals surface area contributed by atoms with Crippen molar-refractivity contribution in [2.24, 2.45) is 0 Å². The Kier molecular flexibility index (Phi) is 6.45. The number of ether oxygens (including phenoxy) is 1. The number of carbonyl (C=O) groups excluding carboxylic acids is 1. The van der Waals surface area contributed by atoms with Gasteiger partial charge in [0.2, 0.25) is 0 Å². The lowest BCUT2D eigenvalue weighted by molar-refractivity contribution is 0.0942. The van der Waals surface area contributed by atoms with E-state index in [1.807, 2.05) is 79.6 Å². The molecule has 0 radical (unpaired) electrons. The van der Waals surface area contributed by atoms with E-state index in [4.69, 9.17) is 4.74 Å². The monoisotopic (exact) mass is 378 g/mol. The molecule has 1 aromatic heterocycles. The van der Waals surface area contributed by atoms with E-state index in [9.17, 15) is 4.79 Å². The molecule has 6 heteroatoms. The van der Waals surface area contributed by atoms with Crippen LogP contribution in [0.5, 0.6) is 5.75 Å². The molecular formula is C22H26N4O2. The minimum Gasteiger partial charge on any atom is -0.497 e. The first-order valence-electron chi connectivity index (χ1n) is 9.22. The SMILES string of the molecule is COc1ccc(C(CNC(=O)c2ccc(Cn3cccn3)cc2)N(C)C)cc1. The summed E-state index contributed by atoms with van der Waals surface area (Å²) in [5, 5.41) is 7.24. The highest BCUT2D eigenvalue weighted by atomic mass is 16.5. The van der Waals surface area contributed by atoms with Crippen LogP contribution in [0.15, 0.2) is 67.0 Å². The van der Waals surface area contributed by atoms with E-state index in [2.05, 4.69) is 15.3 Å². The van der Waals surface area contributed by atoms with E-state index >= 15 is 0 Å². The Morgan fingerprint density at radius 3 is 2.43 bits per heavy atom. The largest absolute Gasteiger partial charge is 0.497 e. The highest BCUT2D eigenvalue weighted by molar-refractivity contribution is 5.94. The second kappa shape index (κ2) is 9.19. The van der Waals surface area contributed by atoms with Crippen LogP contribution < -0.4 is 10.1 Å². The number of rotatable bonds is 8. The molecule has 146 valence electrons. The third-order valence-electron chi connectivity index (χ3n) is 4.70. The van der Waals surface area contributed by atoms with Crippen molar-refractivity contribution in [2.45, 2.75) is 12.6 Å². The van der Waals surface area contributed by atoms with Crippen LogP contribution >= 0.6 is 0 Å². The number of nitrogens with zero attached hydrogens (tertiary/aromatic N) is 3. The maximum atomic E-state index is 12.6. The van der Waals surface area contributed by atoms with Gasteiger partial charge in [0.05, 0.1) is 19.7 Å². The number of amides is 1. The van der Waals surface area contributed by atoms with Crippen molar-refractivity contribution >= 4 is 5.91 Å². The molecule has 0 bridgehead atoms. The zero-order valence-electron chi connectivity index (χ0n) is 16.5. The summed E-state index contributed by atoms with van der Waals surface area (Å²) in [5.41, 5.74) is 2.88. The van der Waals surface area contributed by atoms with Gasteiger partial charge >= 0.3 is 0 Å². The maximum absolute atomic E-state index is 12.6. The molecule has 1 unspecified atom stereocenters. The highest BCUT2D eigenvalue weighted by Crippen LogP contribution is 2.21. The third-order valence-corrected chi connectivity index (χ3v) is 4.70. The molecule has 1 heterocycles. The quantitative estimate of drug-likeness (QED) is 0.655. The summed E-state index contributed by atoms with van der Waals surface area (Å²) in [6.07, 6.45) is 3.67. The number of carbonyl (C=O) groups is 1. The molecule has 0 aliphatic rings. The molecule has 0 aliphatic carbocycles. The minimum atomic E-state index is -0.0778. The van der Waals surface area contributed by atoms with Gasteiger partial charge in [0.1, 0.15) is 5.75 Å². The molecule has 1 amide bonds. The molecule has 0 saturated carbocycles. The molecule has 0 spiro atoms. The van der Waals surface area contributed by atoms with E-state index in [1.165, 1.54) is 0 Å². The summed E-state index contributed by atoms with van der Waals surface area (Å²) in [4.78, 5) is 14.7. The van der Waals surface area contributed by atoms with Crippen LogP contribution in [0.1, 0.15) is 27.5 Å². The first-order chi connectivity index (χ1) is 13.6. The van der Waals surface area contributed by atoms with Gasteiger partial charge in [-0.05, 0) is 55.6 Å². The van der Waals surface area contributed by atoms with Crippen molar-refractivity contribution < 1.29 is 9.53 Å². The van der Waals surface area contributed by atoms with E-state index in [0.717, 1.165) is 16.9 Å². The van der Waals surface area contributed by atoms with Crippen LogP contribution in [-0.2, 0) is 6.54 Å². The van der Waals surface area contributed by atoms with Crippen molar-refractivity contribution in [3.05, 3.63) is 83.7 Å². The van der Waals surface area contributed by atoms with E-state index in [1.54, 1.807) is 13.3 Å². The number of methoxy groups -OCH3 is 1. The Labute approximate surface area is 165 Å². The highest BCUT2D eigenvalue weighted by Gasteiger charge is 2.16. The lowest BCUT2D eigenvalue weighted by Crippen LogP contribution is -2.34. The molecule has 3 rings (SSSR count). The Balaban J connectivity index is 1.60. The first kappa shape index (κ1) is 19.6. The van der Waals surface area contributed by atoms with Crippen molar-refractivity contribution in [1.82, 2.24) is 20.0 Å². The molecule has 1 atom stereocenters. The average molecular weight is 378 g/mol. The zero-order valence-corrected chi connectivity index (χ0v) is 16.5. The number of hydrogen-bond donors (Lipinski definition) is 1. The van der Waals surface area contributed by atoms with Crippen LogP contribution in [-0.4, -0.2) is 48.3 Å². The van der Waals surface area contributed by atoms with Gasteiger partial charge in [-0.1, -0.05) is 24.3 Å². The smallest absolute Gasteiger partial charge is 0.251 e. The Morgan fingerprint density at radius 1 is 1.14 bits per heavy atom. The van der Waals surface area contributed by atoms with Gasteiger partial charge in [0, 0.05) is 24.5 Å². The van der Waals surface area contributed by atoms with Gasteiger partial charge in [-0.25, -0.2) is 0 Å². The third kappa shape index (κ3) is 4.98. The fourth-order valence-electron chi connectivity index (χ4n) is 3.06. The van der Waals surface area contributed by atoms with E-state index < -0.39 is 0 Å². The van der Waals surface area contributed by atoms with Crippen LogP contribution in [0.2, 0.25) is 0 Å². The summed E-state index contributed by atoms with van der Waals surface area (Å²) >= 11 is 0. The van der Waals surface area contributed by atoms with Crippen LogP contribution in [0.3, 0.4) is 0 Å². The predicted octanol–water partition coefficient (Wildman–Crippen LogP) is 2.97. The number of likely N-dealkylation sites (N-methyl/N-ethyl adjacent to an activating group) is 1. The molecule has 3 aromatic rings. The van der Waals surface area contributed by atoms with E-state index in [0.29, 0.717) is 18.7 Å². The van der Waals surface area contributed by atoms with Crippen molar-refractivity contribution in [3.63, 3.8) is 0 Å². The number of benzene rings is 2. The molecule has 28 heavy (non-hydrogen) atoms. The standard InChI is InChI=1S/C22H26N4O2/c1-25(2)21(18-9-11-20(28-3)12-10-18)15-23-22(27)19-7-5-17(6-8-19)16-26-14-4-13-24-26/h4-14,21H,15-16H2,1-3H3,(H,23,27). The number of hydrogen-bond acceptors (Lipinski definition) is 4.